The van der Waals surface area contributed by atoms with E-state index < -0.39 is 43.6 Å². The topological polar surface area (TPSA) is 18.5 Å². The van der Waals surface area contributed by atoms with E-state index >= 15 is 0 Å². The Bertz CT molecular complexity index is 367. The molecule has 0 atom stereocenters. The molecule has 0 bridgehead atoms. The van der Waals surface area contributed by atoms with Gasteiger partial charge in [-0.3, -0.25) is 9.05 Å². The fourth-order valence-electron chi connectivity index (χ4n) is 1.69. The predicted octanol–water partition coefficient (Wildman–Crippen LogP) is 5.23. The van der Waals surface area contributed by atoms with Gasteiger partial charge in [0.05, 0.1) is 0 Å². The SMILES string of the molecule is FC(F)(F)C1(C(F)(F)F)OP(Cl)OC1(C(F)(F)F)C(F)(F)F. The average Bonchev–Trinajstić information content (AvgIpc) is 2.49. The minimum atomic E-state index is -7.19. The molecule has 132 valence electrons. The van der Waals surface area contributed by atoms with E-state index in [4.69, 9.17) is 0 Å². The average molecular weight is 398 g/mol. The molecule has 0 amide bonds. The number of hydrogen-bond acceptors (Lipinski definition) is 2. The Morgan fingerprint density at radius 2 is 0.727 bits per heavy atom. The maximum atomic E-state index is 12.7. The Kier molecular flexibility index (Phi) is 4.42. The highest BCUT2D eigenvalue weighted by Gasteiger charge is 2.99. The number of halogens is 13. The van der Waals surface area contributed by atoms with Crippen molar-refractivity contribution in [2.75, 3.05) is 0 Å². The fourth-order valence-corrected chi connectivity index (χ4v) is 3.45. The van der Waals surface area contributed by atoms with E-state index in [0.29, 0.717) is 0 Å². The van der Waals surface area contributed by atoms with Gasteiger partial charge < -0.3 is 0 Å². The molecule has 1 saturated heterocycles. The zero-order valence-electron chi connectivity index (χ0n) is 9.18. The summed E-state index contributed by atoms with van der Waals surface area (Å²) in [6.07, 6.45) is -28.8. The summed E-state index contributed by atoms with van der Waals surface area (Å²) in [5.41, 5.74) is -13.5. The summed E-state index contributed by atoms with van der Waals surface area (Å²) in [5, 5.41) is 0. The molecule has 1 aliphatic heterocycles. The molecule has 1 fully saturated rings. The van der Waals surface area contributed by atoms with Crippen LogP contribution in [-0.4, -0.2) is 35.9 Å². The van der Waals surface area contributed by atoms with Crippen LogP contribution in [-0.2, 0) is 9.05 Å². The van der Waals surface area contributed by atoms with Gasteiger partial charge in [0.2, 0.25) is 0 Å². The van der Waals surface area contributed by atoms with E-state index in [9.17, 15) is 52.7 Å². The molecule has 1 heterocycles. The predicted molar refractivity (Wildman–Crippen MR) is 44.6 cm³/mol. The molecule has 0 saturated carbocycles. The largest absolute Gasteiger partial charge is 0.430 e. The van der Waals surface area contributed by atoms with Crippen LogP contribution < -0.4 is 0 Å². The highest BCUT2D eigenvalue weighted by molar-refractivity contribution is 7.76. The molecular weight excluding hydrogens is 398 g/mol. The zero-order chi connectivity index (χ0) is 18.0. The summed E-state index contributed by atoms with van der Waals surface area (Å²) in [4.78, 5) is 0. The van der Waals surface area contributed by atoms with Crippen molar-refractivity contribution in [2.24, 2.45) is 0 Å². The van der Waals surface area contributed by atoms with Crippen molar-refractivity contribution in [3.05, 3.63) is 0 Å². The van der Waals surface area contributed by atoms with Crippen LogP contribution in [0.1, 0.15) is 0 Å². The van der Waals surface area contributed by atoms with Crippen molar-refractivity contribution in [3.8, 4) is 0 Å². The summed E-state index contributed by atoms with van der Waals surface area (Å²) in [7, 11) is -4.31. The van der Waals surface area contributed by atoms with Crippen molar-refractivity contribution in [3.63, 3.8) is 0 Å². The van der Waals surface area contributed by atoms with Crippen LogP contribution in [0.5, 0.6) is 0 Å². The first-order valence-corrected chi connectivity index (χ1v) is 6.54. The van der Waals surface area contributed by atoms with Gasteiger partial charge in [-0.25, -0.2) is 0 Å². The van der Waals surface area contributed by atoms with Crippen molar-refractivity contribution < 1.29 is 61.7 Å². The van der Waals surface area contributed by atoms with Crippen LogP contribution >= 0.6 is 19.0 Å². The van der Waals surface area contributed by atoms with Gasteiger partial charge in [-0.15, -0.1) is 0 Å². The van der Waals surface area contributed by atoms with E-state index in [0.717, 1.165) is 0 Å². The molecule has 1 rings (SSSR count). The molecule has 0 aromatic carbocycles. The first kappa shape index (κ1) is 19.8. The lowest BCUT2D eigenvalue weighted by atomic mass is 9.79. The normalized spacial score (nSPS) is 23.9. The smallest absolute Gasteiger partial charge is 0.293 e. The van der Waals surface area contributed by atoms with Gasteiger partial charge >= 0.3 is 35.9 Å². The third-order valence-electron chi connectivity index (χ3n) is 2.51. The molecule has 0 unspecified atom stereocenters. The van der Waals surface area contributed by atoms with Crippen LogP contribution in [0.4, 0.5) is 52.7 Å². The Balaban J connectivity index is 3.95. The van der Waals surface area contributed by atoms with Crippen molar-refractivity contribution >= 4 is 19.0 Å². The number of rotatable bonds is 0. The Morgan fingerprint density at radius 3 is 0.864 bits per heavy atom. The summed E-state index contributed by atoms with van der Waals surface area (Å²) in [6.45, 7) is 0. The van der Waals surface area contributed by atoms with E-state index in [1.807, 2.05) is 0 Å². The van der Waals surface area contributed by atoms with Crippen molar-refractivity contribution in [1.29, 1.82) is 0 Å². The standard InChI is InChI=1S/C6ClF12O2P/c7-22-20-1(3(8,9)10,4(11,12)13)2(21-22,5(14,15)16)6(17,18)19. The molecule has 0 N–H and O–H groups in total. The molecule has 1 aliphatic rings. The Labute approximate surface area is 118 Å². The third kappa shape index (κ3) is 2.33. The Morgan fingerprint density at radius 1 is 0.545 bits per heavy atom. The third-order valence-corrected chi connectivity index (χ3v) is 3.76. The monoisotopic (exact) mass is 398 g/mol. The number of hydrogen-bond donors (Lipinski definition) is 0. The molecule has 0 aliphatic carbocycles. The molecule has 0 spiro atoms. The lowest BCUT2D eigenvalue weighted by Gasteiger charge is -2.44. The maximum absolute atomic E-state index is 12.7. The van der Waals surface area contributed by atoms with Crippen LogP contribution in [0.2, 0.25) is 0 Å². The van der Waals surface area contributed by atoms with Gasteiger partial charge in [0.15, 0.2) is 0 Å². The van der Waals surface area contributed by atoms with Crippen LogP contribution in [0.15, 0.2) is 0 Å². The minimum Gasteiger partial charge on any atom is -0.293 e. The van der Waals surface area contributed by atoms with Gasteiger partial charge in [-0.2, -0.15) is 52.7 Å². The minimum absolute atomic E-state index is 2.86. The van der Waals surface area contributed by atoms with Gasteiger partial charge in [0.25, 0.3) is 7.73 Å². The van der Waals surface area contributed by atoms with Crippen LogP contribution in [0.25, 0.3) is 0 Å². The maximum Gasteiger partial charge on any atom is 0.430 e. The van der Waals surface area contributed by atoms with Gasteiger partial charge in [0, 0.05) is 0 Å². The van der Waals surface area contributed by atoms with E-state index in [-0.39, 0.29) is 0 Å². The van der Waals surface area contributed by atoms with Crippen molar-refractivity contribution in [2.45, 2.75) is 35.9 Å². The second-order valence-electron chi connectivity index (χ2n) is 3.75. The summed E-state index contributed by atoms with van der Waals surface area (Å²) >= 11 is 4.53. The highest BCUT2D eigenvalue weighted by atomic mass is 35.7. The first-order chi connectivity index (χ1) is 9.35. The molecule has 22 heavy (non-hydrogen) atoms. The van der Waals surface area contributed by atoms with Crippen LogP contribution in [0.3, 0.4) is 0 Å². The Hall–Kier alpha value is -0.200. The lowest BCUT2D eigenvalue weighted by molar-refractivity contribution is -0.464. The molecule has 0 aromatic rings. The van der Waals surface area contributed by atoms with Crippen molar-refractivity contribution in [1.82, 2.24) is 0 Å². The first-order valence-electron chi connectivity index (χ1n) is 4.46. The second-order valence-corrected chi connectivity index (χ2v) is 5.37. The number of alkyl halides is 12. The van der Waals surface area contributed by atoms with E-state index in [1.54, 1.807) is 0 Å². The van der Waals surface area contributed by atoms with Gasteiger partial charge in [0.1, 0.15) is 0 Å². The summed E-state index contributed by atoms with van der Waals surface area (Å²) in [6, 6.07) is 0. The second kappa shape index (κ2) is 4.90. The zero-order valence-corrected chi connectivity index (χ0v) is 10.8. The van der Waals surface area contributed by atoms with Gasteiger partial charge in [-0.05, 0) is 11.2 Å². The van der Waals surface area contributed by atoms with Crippen LogP contribution in [0, 0.1) is 0 Å². The van der Waals surface area contributed by atoms with E-state index in [1.165, 1.54) is 0 Å². The van der Waals surface area contributed by atoms with E-state index in [2.05, 4.69) is 20.3 Å². The molecule has 16 heteroatoms. The van der Waals surface area contributed by atoms with Gasteiger partial charge in [-0.1, -0.05) is 0 Å². The summed E-state index contributed by atoms with van der Waals surface area (Å²) < 4.78 is 158. The fraction of sp³-hybridized carbons (Fsp3) is 1.00. The quantitative estimate of drug-likeness (QED) is 0.411. The lowest BCUT2D eigenvalue weighted by Crippen LogP contribution is -2.79. The molecule has 0 radical (unpaired) electrons. The molecule has 2 nitrogen and oxygen atoms in total. The highest BCUT2D eigenvalue weighted by Crippen LogP contribution is 2.75. The summed E-state index contributed by atoms with van der Waals surface area (Å²) in [5.74, 6) is 0. The molecule has 0 aromatic heterocycles. The molecular formula is C6ClF12O2P.